The Balaban J connectivity index is 1.56. The maximum Gasteiger partial charge on any atom is 0.338 e. The summed E-state index contributed by atoms with van der Waals surface area (Å²) in [5.74, 6) is -0.221. The zero-order valence-corrected chi connectivity index (χ0v) is 15.0. The van der Waals surface area contributed by atoms with Crippen LogP contribution in [0.2, 0.25) is 0 Å². The third-order valence-electron chi connectivity index (χ3n) is 3.98. The summed E-state index contributed by atoms with van der Waals surface area (Å²) in [5, 5.41) is 2.74. The highest BCUT2D eigenvalue weighted by Crippen LogP contribution is 2.13. The maximum absolute atomic E-state index is 12.3. The van der Waals surface area contributed by atoms with Crippen molar-refractivity contribution in [2.75, 3.05) is 7.11 Å². The smallest absolute Gasteiger partial charge is 0.338 e. The largest absolute Gasteiger partial charge is 0.497 e. The van der Waals surface area contributed by atoms with Gasteiger partial charge in [0.05, 0.1) is 23.7 Å². The van der Waals surface area contributed by atoms with E-state index >= 15 is 0 Å². The first kappa shape index (κ1) is 18.3. The molecule has 0 spiro atoms. The van der Waals surface area contributed by atoms with E-state index in [9.17, 15) is 9.59 Å². The lowest BCUT2D eigenvalue weighted by Crippen LogP contribution is -2.35. The molecule has 1 aromatic heterocycles. The second-order valence-corrected chi connectivity index (χ2v) is 5.87. The predicted molar refractivity (Wildman–Crippen MR) is 99.3 cm³/mol. The molecule has 138 valence electrons. The number of rotatable bonds is 6. The number of nitrogens with one attached hydrogen (secondary N) is 1. The maximum atomic E-state index is 12.3. The first-order valence-electron chi connectivity index (χ1n) is 8.39. The standard InChI is InChI=1S/C20H19N3O4/c1-13(19(24)23-12-14-3-6-16(26-2)7-4-14)27-20(25)15-5-8-17-18(11-15)22-10-9-21-17/h3-11,13H,12H2,1-2H3,(H,23,24)/t13-/m1/s1. The zero-order valence-electron chi connectivity index (χ0n) is 15.0. The number of amides is 1. The highest BCUT2D eigenvalue weighted by Gasteiger charge is 2.19. The van der Waals surface area contributed by atoms with Gasteiger partial charge in [-0.05, 0) is 42.8 Å². The van der Waals surface area contributed by atoms with E-state index in [1.54, 1.807) is 37.7 Å². The first-order valence-corrected chi connectivity index (χ1v) is 8.39. The molecule has 1 atom stereocenters. The summed E-state index contributed by atoms with van der Waals surface area (Å²) < 4.78 is 10.3. The second-order valence-electron chi connectivity index (χ2n) is 5.87. The molecule has 2 aromatic carbocycles. The van der Waals surface area contributed by atoms with E-state index in [1.807, 2.05) is 24.3 Å². The van der Waals surface area contributed by atoms with Gasteiger partial charge in [-0.1, -0.05) is 12.1 Å². The van der Waals surface area contributed by atoms with E-state index in [0.29, 0.717) is 23.1 Å². The lowest BCUT2D eigenvalue weighted by molar-refractivity contribution is -0.129. The Kier molecular flexibility index (Phi) is 5.61. The Bertz CT molecular complexity index is 957. The molecule has 3 rings (SSSR count). The summed E-state index contributed by atoms with van der Waals surface area (Å²) in [7, 11) is 1.59. The van der Waals surface area contributed by atoms with E-state index in [0.717, 1.165) is 11.3 Å². The van der Waals surface area contributed by atoms with Crippen molar-refractivity contribution < 1.29 is 19.1 Å². The van der Waals surface area contributed by atoms with Gasteiger partial charge in [0.2, 0.25) is 0 Å². The van der Waals surface area contributed by atoms with Gasteiger partial charge < -0.3 is 14.8 Å². The molecule has 0 saturated carbocycles. The SMILES string of the molecule is COc1ccc(CNC(=O)[C@@H](C)OC(=O)c2ccc3nccnc3c2)cc1. The number of fused-ring (bicyclic) bond motifs is 1. The quantitative estimate of drug-likeness (QED) is 0.675. The average molecular weight is 365 g/mol. The van der Waals surface area contributed by atoms with Crippen LogP contribution in [0.1, 0.15) is 22.8 Å². The Labute approximate surface area is 156 Å². The lowest BCUT2D eigenvalue weighted by atomic mass is 10.2. The molecule has 0 aliphatic heterocycles. The third-order valence-corrected chi connectivity index (χ3v) is 3.98. The Morgan fingerprint density at radius 3 is 2.44 bits per heavy atom. The summed E-state index contributed by atoms with van der Waals surface area (Å²) >= 11 is 0. The molecular formula is C20H19N3O4. The highest BCUT2D eigenvalue weighted by atomic mass is 16.5. The summed E-state index contributed by atoms with van der Waals surface area (Å²) in [6, 6.07) is 12.2. The molecule has 0 fully saturated rings. The van der Waals surface area contributed by atoms with Crippen molar-refractivity contribution in [2.24, 2.45) is 0 Å². The van der Waals surface area contributed by atoms with Crippen molar-refractivity contribution in [3.8, 4) is 5.75 Å². The number of ether oxygens (including phenoxy) is 2. The molecule has 0 radical (unpaired) electrons. The number of carbonyl (C=O) groups is 2. The monoisotopic (exact) mass is 365 g/mol. The van der Waals surface area contributed by atoms with Crippen molar-refractivity contribution in [3.63, 3.8) is 0 Å². The molecule has 0 saturated heterocycles. The number of aromatic nitrogens is 2. The number of hydrogen-bond donors (Lipinski definition) is 1. The summed E-state index contributed by atoms with van der Waals surface area (Å²) in [5.41, 5.74) is 2.50. The Hall–Kier alpha value is -3.48. The number of benzene rings is 2. The second kappa shape index (κ2) is 8.27. The number of hydrogen-bond acceptors (Lipinski definition) is 6. The van der Waals surface area contributed by atoms with Crippen LogP contribution < -0.4 is 10.1 Å². The molecule has 0 bridgehead atoms. The van der Waals surface area contributed by atoms with Crippen molar-refractivity contribution in [2.45, 2.75) is 19.6 Å². The topological polar surface area (TPSA) is 90.4 Å². The minimum absolute atomic E-state index is 0.317. The summed E-state index contributed by atoms with van der Waals surface area (Å²) in [6.07, 6.45) is 2.20. The highest BCUT2D eigenvalue weighted by molar-refractivity contribution is 5.95. The fourth-order valence-corrected chi connectivity index (χ4v) is 2.45. The van der Waals surface area contributed by atoms with Crippen molar-refractivity contribution >= 4 is 22.9 Å². The van der Waals surface area contributed by atoms with Crippen LogP contribution in [0, 0.1) is 0 Å². The number of carbonyl (C=O) groups excluding carboxylic acids is 2. The third kappa shape index (κ3) is 4.58. The average Bonchev–Trinajstić information content (AvgIpc) is 2.71. The molecule has 0 unspecified atom stereocenters. The van der Waals surface area contributed by atoms with E-state index in [4.69, 9.17) is 9.47 Å². The fourth-order valence-electron chi connectivity index (χ4n) is 2.45. The van der Waals surface area contributed by atoms with Crippen LogP contribution >= 0.6 is 0 Å². The molecule has 1 heterocycles. The summed E-state index contributed by atoms with van der Waals surface area (Å²) in [6.45, 7) is 1.86. The molecule has 27 heavy (non-hydrogen) atoms. The van der Waals surface area contributed by atoms with Crippen LogP contribution in [0.25, 0.3) is 11.0 Å². The van der Waals surface area contributed by atoms with Gasteiger partial charge >= 0.3 is 5.97 Å². The van der Waals surface area contributed by atoms with Gasteiger partial charge in [-0.3, -0.25) is 14.8 Å². The van der Waals surface area contributed by atoms with Gasteiger partial charge in [0, 0.05) is 18.9 Å². The van der Waals surface area contributed by atoms with Crippen LogP contribution in [-0.4, -0.2) is 35.1 Å². The van der Waals surface area contributed by atoms with Crippen LogP contribution in [0.5, 0.6) is 5.75 Å². The minimum atomic E-state index is -0.923. The molecular weight excluding hydrogens is 346 g/mol. The molecule has 0 aliphatic carbocycles. The zero-order chi connectivity index (χ0) is 19.2. The Morgan fingerprint density at radius 1 is 1.04 bits per heavy atom. The molecule has 7 heteroatoms. The minimum Gasteiger partial charge on any atom is -0.497 e. The number of esters is 1. The van der Waals surface area contributed by atoms with Gasteiger partial charge in [-0.25, -0.2) is 4.79 Å². The normalized spacial score (nSPS) is 11.6. The summed E-state index contributed by atoms with van der Waals surface area (Å²) in [4.78, 5) is 32.8. The predicted octanol–water partition coefficient (Wildman–Crippen LogP) is 2.50. The van der Waals surface area contributed by atoms with Gasteiger partial charge in [-0.2, -0.15) is 0 Å². The van der Waals surface area contributed by atoms with Gasteiger partial charge in [0.1, 0.15) is 5.75 Å². The number of methoxy groups -OCH3 is 1. The van der Waals surface area contributed by atoms with Crippen LogP contribution in [0.15, 0.2) is 54.9 Å². The van der Waals surface area contributed by atoms with Crippen LogP contribution in [0.4, 0.5) is 0 Å². The van der Waals surface area contributed by atoms with E-state index in [1.165, 1.54) is 6.92 Å². The molecule has 3 aromatic rings. The van der Waals surface area contributed by atoms with Crippen LogP contribution in [0.3, 0.4) is 0 Å². The number of nitrogens with zero attached hydrogens (tertiary/aromatic N) is 2. The van der Waals surface area contributed by atoms with Gasteiger partial charge in [0.15, 0.2) is 6.10 Å². The van der Waals surface area contributed by atoms with E-state index in [2.05, 4.69) is 15.3 Å². The van der Waals surface area contributed by atoms with Gasteiger partial charge in [0.25, 0.3) is 5.91 Å². The van der Waals surface area contributed by atoms with Crippen molar-refractivity contribution in [1.82, 2.24) is 15.3 Å². The van der Waals surface area contributed by atoms with E-state index < -0.39 is 12.1 Å². The van der Waals surface area contributed by atoms with Crippen molar-refractivity contribution in [3.05, 3.63) is 66.0 Å². The molecule has 1 amide bonds. The first-order chi connectivity index (χ1) is 13.1. The molecule has 7 nitrogen and oxygen atoms in total. The van der Waals surface area contributed by atoms with Crippen LogP contribution in [-0.2, 0) is 16.1 Å². The van der Waals surface area contributed by atoms with Gasteiger partial charge in [-0.15, -0.1) is 0 Å². The molecule has 1 N–H and O–H groups in total. The lowest BCUT2D eigenvalue weighted by Gasteiger charge is -2.14. The van der Waals surface area contributed by atoms with E-state index in [-0.39, 0.29) is 5.91 Å². The Morgan fingerprint density at radius 2 is 1.74 bits per heavy atom. The van der Waals surface area contributed by atoms with Crippen molar-refractivity contribution in [1.29, 1.82) is 0 Å². The molecule has 0 aliphatic rings. The fraction of sp³-hybridized carbons (Fsp3) is 0.200.